The van der Waals surface area contributed by atoms with Crippen molar-refractivity contribution in [2.45, 2.75) is 13.1 Å². The Morgan fingerprint density at radius 1 is 1.15 bits per heavy atom. The van der Waals surface area contributed by atoms with E-state index < -0.39 is 0 Å². The zero-order valence-corrected chi connectivity index (χ0v) is 11.1. The average molecular weight is 269 g/mol. The maximum atomic E-state index is 13.6. The van der Waals surface area contributed by atoms with Gasteiger partial charge >= 0.3 is 0 Å². The molecule has 0 atom stereocenters. The van der Waals surface area contributed by atoms with E-state index in [-0.39, 0.29) is 5.82 Å². The van der Waals surface area contributed by atoms with Crippen molar-refractivity contribution >= 4 is 10.9 Å². The molecule has 0 spiro atoms. The molecule has 1 N–H and O–H groups in total. The Bertz CT molecular complexity index is 691. The molecule has 1 aromatic carbocycles. The third-order valence-corrected chi connectivity index (χ3v) is 3.34. The number of hydrogen-bond donors (Lipinski definition) is 1. The number of fused-ring (bicyclic) bond motifs is 1. The van der Waals surface area contributed by atoms with E-state index in [1.54, 1.807) is 12.3 Å². The third-order valence-electron chi connectivity index (χ3n) is 3.34. The summed E-state index contributed by atoms with van der Waals surface area (Å²) in [6, 6.07) is 11.0. The Labute approximate surface area is 117 Å². The van der Waals surface area contributed by atoms with Crippen LogP contribution in [0, 0.1) is 5.82 Å². The molecule has 2 heterocycles. The summed E-state index contributed by atoms with van der Waals surface area (Å²) in [6.07, 6.45) is 5.55. The summed E-state index contributed by atoms with van der Waals surface area (Å²) >= 11 is 0. The molecule has 0 aliphatic heterocycles. The molecule has 3 nitrogen and oxygen atoms in total. The van der Waals surface area contributed by atoms with Crippen molar-refractivity contribution in [2.75, 3.05) is 6.54 Å². The van der Waals surface area contributed by atoms with Crippen molar-refractivity contribution in [1.82, 2.24) is 14.9 Å². The van der Waals surface area contributed by atoms with Crippen LogP contribution in [-0.2, 0) is 13.1 Å². The van der Waals surface area contributed by atoms with Gasteiger partial charge in [-0.1, -0.05) is 12.1 Å². The lowest BCUT2D eigenvalue weighted by atomic mass is 10.2. The SMILES string of the molecule is Fc1cccc2c1ccn2CCNCc1cccnc1. The minimum absolute atomic E-state index is 0.162. The zero-order valence-electron chi connectivity index (χ0n) is 11.1. The molecule has 0 unspecified atom stereocenters. The second-order valence-electron chi connectivity index (χ2n) is 4.72. The van der Waals surface area contributed by atoms with Gasteiger partial charge in [0, 0.05) is 43.6 Å². The second kappa shape index (κ2) is 5.84. The Morgan fingerprint density at radius 2 is 2.10 bits per heavy atom. The number of nitrogens with zero attached hydrogens (tertiary/aromatic N) is 2. The van der Waals surface area contributed by atoms with Crippen LogP contribution in [0.15, 0.2) is 55.0 Å². The largest absolute Gasteiger partial charge is 0.346 e. The normalized spacial score (nSPS) is 11.1. The van der Waals surface area contributed by atoms with Crippen LogP contribution in [0.2, 0.25) is 0 Å². The molecular formula is C16H16FN3. The van der Waals surface area contributed by atoms with Gasteiger partial charge in [-0.3, -0.25) is 4.98 Å². The lowest BCUT2D eigenvalue weighted by molar-refractivity contribution is 0.607. The van der Waals surface area contributed by atoms with E-state index in [0.717, 1.165) is 30.7 Å². The van der Waals surface area contributed by atoms with Crippen LogP contribution in [0.25, 0.3) is 10.9 Å². The monoisotopic (exact) mass is 269 g/mol. The molecule has 0 aliphatic rings. The summed E-state index contributed by atoms with van der Waals surface area (Å²) in [4.78, 5) is 4.08. The van der Waals surface area contributed by atoms with E-state index in [9.17, 15) is 4.39 Å². The van der Waals surface area contributed by atoms with Gasteiger partial charge < -0.3 is 9.88 Å². The third kappa shape index (κ3) is 2.70. The van der Waals surface area contributed by atoms with Crippen LogP contribution in [0.4, 0.5) is 4.39 Å². The van der Waals surface area contributed by atoms with E-state index in [1.165, 1.54) is 6.07 Å². The molecule has 3 aromatic rings. The molecule has 0 aliphatic carbocycles. The predicted molar refractivity (Wildman–Crippen MR) is 77.8 cm³/mol. The van der Waals surface area contributed by atoms with E-state index in [0.29, 0.717) is 5.39 Å². The number of hydrogen-bond acceptors (Lipinski definition) is 2. The van der Waals surface area contributed by atoms with E-state index in [4.69, 9.17) is 0 Å². The van der Waals surface area contributed by atoms with Crippen LogP contribution in [-0.4, -0.2) is 16.1 Å². The number of benzene rings is 1. The topological polar surface area (TPSA) is 29.9 Å². The van der Waals surface area contributed by atoms with Crippen LogP contribution >= 0.6 is 0 Å². The van der Waals surface area contributed by atoms with E-state index in [1.807, 2.05) is 36.7 Å². The summed E-state index contributed by atoms with van der Waals surface area (Å²) in [6.45, 7) is 2.43. The number of nitrogens with one attached hydrogen (secondary N) is 1. The van der Waals surface area contributed by atoms with Crippen LogP contribution in [0.1, 0.15) is 5.56 Å². The number of rotatable bonds is 5. The van der Waals surface area contributed by atoms with Crippen molar-refractivity contribution in [1.29, 1.82) is 0 Å². The maximum absolute atomic E-state index is 13.6. The molecular weight excluding hydrogens is 253 g/mol. The summed E-state index contributed by atoms with van der Waals surface area (Å²) in [7, 11) is 0. The van der Waals surface area contributed by atoms with E-state index >= 15 is 0 Å². The quantitative estimate of drug-likeness (QED) is 0.722. The minimum Gasteiger partial charge on any atom is -0.346 e. The van der Waals surface area contributed by atoms with Crippen molar-refractivity contribution in [3.63, 3.8) is 0 Å². The molecule has 0 bridgehead atoms. The molecule has 0 amide bonds. The van der Waals surface area contributed by atoms with Crippen molar-refractivity contribution in [3.05, 3.63) is 66.4 Å². The fourth-order valence-corrected chi connectivity index (χ4v) is 2.32. The highest BCUT2D eigenvalue weighted by molar-refractivity contribution is 5.80. The number of pyridine rings is 1. The van der Waals surface area contributed by atoms with Crippen molar-refractivity contribution < 1.29 is 4.39 Å². The summed E-state index contributed by atoms with van der Waals surface area (Å²) in [5.41, 5.74) is 2.10. The number of halogens is 1. The lowest BCUT2D eigenvalue weighted by Crippen LogP contribution is -2.19. The van der Waals surface area contributed by atoms with Gasteiger partial charge in [0.25, 0.3) is 0 Å². The summed E-state index contributed by atoms with van der Waals surface area (Å²) < 4.78 is 15.6. The number of aromatic nitrogens is 2. The van der Waals surface area contributed by atoms with Gasteiger partial charge in [-0.15, -0.1) is 0 Å². The van der Waals surface area contributed by atoms with Crippen molar-refractivity contribution in [3.8, 4) is 0 Å². The van der Waals surface area contributed by atoms with Gasteiger partial charge in [0.2, 0.25) is 0 Å². The first kappa shape index (κ1) is 12.8. The zero-order chi connectivity index (χ0) is 13.8. The lowest BCUT2D eigenvalue weighted by Gasteiger charge is -2.07. The smallest absolute Gasteiger partial charge is 0.132 e. The first-order chi connectivity index (χ1) is 9.84. The molecule has 102 valence electrons. The molecule has 4 heteroatoms. The Morgan fingerprint density at radius 3 is 2.95 bits per heavy atom. The summed E-state index contributed by atoms with van der Waals surface area (Å²) in [5.74, 6) is -0.162. The van der Waals surface area contributed by atoms with Gasteiger partial charge in [-0.25, -0.2) is 4.39 Å². The Kier molecular flexibility index (Phi) is 3.74. The maximum Gasteiger partial charge on any atom is 0.132 e. The van der Waals surface area contributed by atoms with Gasteiger partial charge in [0.05, 0.1) is 5.52 Å². The van der Waals surface area contributed by atoms with Gasteiger partial charge in [0.1, 0.15) is 5.82 Å². The molecule has 0 saturated carbocycles. The second-order valence-corrected chi connectivity index (χ2v) is 4.72. The standard InChI is InChI=1S/C16H16FN3/c17-15-4-1-5-16-14(15)6-9-20(16)10-8-19-12-13-3-2-7-18-11-13/h1-7,9,11,19H,8,10,12H2. The molecule has 3 rings (SSSR count). The summed E-state index contributed by atoms with van der Waals surface area (Å²) in [5, 5.41) is 4.05. The first-order valence-corrected chi connectivity index (χ1v) is 6.67. The first-order valence-electron chi connectivity index (χ1n) is 6.67. The average Bonchev–Trinajstić information content (AvgIpc) is 2.90. The fourth-order valence-electron chi connectivity index (χ4n) is 2.32. The van der Waals surface area contributed by atoms with Gasteiger partial charge in [-0.2, -0.15) is 0 Å². The van der Waals surface area contributed by atoms with Crippen LogP contribution in [0.5, 0.6) is 0 Å². The Hall–Kier alpha value is -2.20. The van der Waals surface area contributed by atoms with Crippen molar-refractivity contribution in [2.24, 2.45) is 0 Å². The molecule has 20 heavy (non-hydrogen) atoms. The molecule has 0 fully saturated rings. The highest BCUT2D eigenvalue weighted by Gasteiger charge is 2.04. The fraction of sp³-hybridized carbons (Fsp3) is 0.188. The highest BCUT2D eigenvalue weighted by atomic mass is 19.1. The molecule has 2 aromatic heterocycles. The highest BCUT2D eigenvalue weighted by Crippen LogP contribution is 2.18. The minimum atomic E-state index is -0.162. The van der Waals surface area contributed by atoms with Gasteiger partial charge in [-0.05, 0) is 29.8 Å². The van der Waals surface area contributed by atoms with Gasteiger partial charge in [0.15, 0.2) is 0 Å². The molecule has 0 radical (unpaired) electrons. The predicted octanol–water partition coefficient (Wildman–Crippen LogP) is 2.97. The van der Waals surface area contributed by atoms with Crippen LogP contribution < -0.4 is 5.32 Å². The van der Waals surface area contributed by atoms with E-state index in [2.05, 4.69) is 14.9 Å². The molecule has 0 saturated heterocycles. The Balaban J connectivity index is 1.59. The van der Waals surface area contributed by atoms with Crippen LogP contribution in [0.3, 0.4) is 0 Å².